The van der Waals surface area contributed by atoms with Crippen LogP contribution in [0.15, 0.2) is 36.5 Å². The van der Waals surface area contributed by atoms with Crippen molar-refractivity contribution in [3.8, 4) is 0 Å². The van der Waals surface area contributed by atoms with Gasteiger partial charge in [-0.2, -0.15) is 4.73 Å². The maximum absolute atomic E-state index is 11.6. The first-order chi connectivity index (χ1) is 6.84. The van der Waals surface area contributed by atoms with E-state index in [1.54, 1.807) is 6.20 Å². The topological polar surface area (TPSA) is 26.9 Å². The van der Waals surface area contributed by atoms with E-state index in [9.17, 15) is 5.21 Å². The van der Waals surface area contributed by atoms with Crippen LogP contribution >= 0.6 is 0 Å². The summed E-state index contributed by atoms with van der Waals surface area (Å²) in [6.07, 6.45) is 4.02. The molecule has 1 aliphatic rings. The predicted octanol–water partition coefficient (Wildman–Crippen LogP) is 2.35. The van der Waals surface area contributed by atoms with Crippen LogP contribution < -0.4 is 4.73 Å². The Labute approximate surface area is 82.4 Å². The largest absolute Gasteiger partial charge is 0.618 e. The van der Waals surface area contributed by atoms with E-state index in [-0.39, 0.29) is 0 Å². The van der Waals surface area contributed by atoms with Crippen molar-refractivity contribution in [2.45, 2.75) is 18.8 Å². The van der Waals surface area contributed by atoms with Gasteiger partial charge in [-0.25, -0.2) is 0 Å². The fraction of sp³-hybridized carbons (Fsp3) is 0.250. The molecule has 14 heavy (non-hydrogen) atoms. The summed E-state index contributed by atoms with van der Waals surface area (Å²) in [5, 5.41) is 13.8. The maximum atomic E-state index is 11.6. The fourth-order valence-corrected chi connectivity index (χ4v) is 1.86. The third-order valence-electron chi connectivity index (χ3n) is 2.81. The lowest BCUT2D eigenvalue weighted by Crippen LogP contribution is -2.30. The van der Waals surface area contributed by atoms with Crippen LogP contribution in [-0.2, 0) is 0 Å². The molecule has 0 spiro atoms. The van der Waals surface area contributed by atoms with Crippen molar-refractivity contribution in [3.05, 3.63) is 47.4 Å². The van der Waals surface area contributed by atoms with E-state index < -0.39 is 0 Å². The van der Waals surface area contributed by atoms with Gasteiger partial charge in [-0.15, -0.1) is 0 Å². The van der Waals surface area contributed by atoms with E-state index in [0.717, 1.165) is 15.8 Å². The van der Waals surface area contributed by atoms with Crippen LogP contribution in [0.3, 0.4) is 0 Å². The van der Waals surface area contributed by atoms with Gasteiger partial charge >= 0.3 is 0 Å². The van der Waals surface area contributed by atoms with Crippen LogP contribution in [0.2, 0.25) is 0 Å². The monoisotopic (exact) mass is 185 g/mol. The van der Waals surface area contributed by atoms with Crippen molar-refractivity contribution in [2.24, 2.45) is 0 Å². The summed E-state index contributed by atoms with van der Waals surface area (Å²) in [4.78, 5) is 0. The average Bonchev–Trinajstić information content (AvgIpc) is 3.00. The molecule has 0 radical (unpaired) electrons. The minimum absolute atomic E-state index is 0.511. The summed E-state index contributed by atoms with van der Waals surface area (Å²) < 4.78 is 1.03. The van der Waals surface area contributed by atoms with Gasteiger partial charge in [0.05, 0.1) is 0 Å². The second kappa shape index (κ2) is 2.71. The predicted molar refractivity (Wildman–Crippen MR) is 54.9 cm³/mol. The third kappa shape index (κ3) is 1.15. The van der Waals surface area contributed by atoms with Crippen LogP contribution in [0.25, 0.3) is 10.8 Å². The molecule has 1 aliphatic carbocycles. The minimum atomic E-state index is 0.511. The van der Waals surface area contributed by atoms with Crippen LogP contribution in [0.1, 0.15) is 24.5 Å². The van der Waals surface area contributed by atoms with Crippen LogP contribution in [0.5, 0.6) is 0 Å². The summed E-state index contributed by atoms with van der Waals surface area (Å²) in [6.45, 7) is 0. The van der Waals surface area contributed by atoms with Gasteiger partial charge in [0.25, 0.3) is 0 Å². The van der Waals surface area contributed by atoms with Gasteiger partial charge in [0, 0.05) is 17.4 Å². The van der Waals surface area contributed by atoms with Crippen molar-refractivity contribution in [2.75, 3.05) is 0 Å². The summed E-state index contributed by atoms with van der Waals surface area (Å²) in [5.41, 5.74) is 0.934. The third-order valence-corrected chi connectivity index (χ3v) is 2.81. The summed E-state index contributed by atoms with van der Waals surface area (Å²) in [7, 11) is 0. The van der Waals surface area contributed by atoms with E-state index in [4.69, 9.17) is 0 Å². The molecule has 70 valence electrons. The quantitative estimate of drug-likeness (QED) is 0.495. The molecule has 1 heterocycles. The lowest BCUT2D eigenvalue weighted by atomic mass is 10.1. The molecule has 1 aromatic carbocycles. The van der Waals surface area contributed by atoms with E-state index >= 15 is 0 Å². The molecule has 1 aromatic heterocycles. The maximum Gasteiger partial charge on any atom is 0.196 e. The Morgan fingerprint density at radius 3 is 2.57 bits per heavy atom. The van der Waals surface area contributed by atoms with Gasteiger partial charge in [-0.05, 0) is 24.3 Å². The highest BCUT2D eigenvalue weighted by molar-refractivity contribution is 5.81. The second-order valence-electron chi connectivity index (χ2n) is 3.93. The molecule has 0 saturated heterocycles. The number of hydrogen-bond acceptors (Lipinski definition) is 1. The zero-order chi connectivity index (χ0) is 9.54. The Bertz CT molecular complexity index is 489. The van der Waals surface area contributed by atoms with Gasteiger partial charge in [0.1, 0.15) is 0 Å². The molecule has 0 bridgehead atoms. The van der Waals surface area contributed by atoms with Crippen molar-refractivity contribution in [3.63, 3.8) is 0 Å². The van der Waals surface area contributed by atoms with Crippen molar-refractivity contribution in [1.82, 2.24) is 0 Å². The summed E-state index contributed by atoms with van der Waals surface area (Å²) in [5.74, 6) is 0.511. The van der Waals surface area contributed by atoms with E-state index in [1.807, 2.05) is 24.3 Å². The first-order valence-electron chi connectivity index (χ1n) is 4.96. The number of fused-ring (bicyclic) bond motifs is 1. The number of pyridine rings is 1. The molecule has 2 nitrogen and oxygen atoms in total. The van der Waals surface area contributed by atoms with E-state index in [0.29, 0.717) is 5.92 Å². The number of nitrogens with zero attached hydrogens (tertiary/aromatic N) is 1. The Morgan fingerprint density at radius 2 is 1.86 bits per heavy atom. The van der Waals surface area contributed by atoms with Crippen LogP contribution in [0.4, 0.5) is 0 Å². The molecule has 1 saturated carbocycles. The zero-order valence-electron chi connectivity index (χ0n) is 7.81. The number of hydrogen-bond donors (Lipinski definition) is 0. The first kappa shape index (κ1) is 7.80. The molecule has 0 atom stereocenters. The summed E-state index contributed by atoms with van der Waals surface area (Å²) >= 11 is 0. The smallest absolute Gasteiger partial charge is 0.196 e. The van der Waals surface area contributed by atoms with Gasteiger partial charge in [-0.3, -0.25) is 0 Å². The van der Waals surface area contributed by atoms with Crippen LogP contribution in [0, 0.1) is 5.21 Å². The van der Waals surface area contributed by atoms with Gasteiger partial charge in [0.2, 0.25) is 0 Å². The molecule has 2 aromatic rings. The Hall–Kier alpha value is -1.57. The molecule has 0 N–H and O–H groups in total. The lowest BCUT2D eigenvalue weighted by Gasteiger charge is -2.04. The highest BCUT2D eigenvalue weighted by Gasteiger charge is 2.30. The molecule has 0 amide bonds. The molecular formula is C12H11NO. The first-order valence-corrected chi connectivity index (χ1v) is 4.96. The van der Waals surface area contributed by atoms with Crippen molar-refractivity contribution in [1.29, 1.82) is 0 Å². The molecular weight excluding hydrogens is 174 g/mol. The fourth-order valence-electron chi connectivity index (χ4n) is 1.86. The highest BCUT2D eigenvalue weighted by Crippen LogP contribution is 2.38. The number of rotatable bonds is 1. The average molecular weight is 185 g/mol. The van der Waals surface area contributed by atoms with Crippen molar-refractivity contribution < 1.29 is 4.73 Å². The normalized spacial score (nSPS) is 16.0. The van der Waals surface area contributed by atoms with E-state index in [2.05, 4.69) is 6.07 Å². The Morgan fingerprint density at radius 1 is 1.14 bits per heavy atom. The van der Waals surface area contributed by atoms with Gasteiger partial charge in [-0.1, -0.05) is 18.2 Å². The van der Waals surface area contributed by atoms with Crippen molar-refractivity contribution >= 4 is 10.8 Å². The SMILES string of the molecule is [O-][n+]1cc2ccccc2cc1C1CC1. The summed E-state index contributed by atoms with van der Waals surface area (Å²) in [6, 6.07) is 10.0. The Balaban J connectivity index is 2.26. The molecule has 3 rings (SSSR count). The lowest BCUT2D eigenvalue weighted by molar-refractivity contribution is -0.612. The van der Waals surface area contributed by atoms with Crippen LogP contribution in [-0.4, -0.2) is 0 Å². The highest BCUT2D eigenvalue weighted by atomic mass is 16.5. The zero-order valence-corrected chi connectivity index (χ0v) is 7.81. The van der Waals surface area contributed by atoms with Gasteiger partial charge < -0.3 is 5.21 Å². The number of aromatic nitrogens is 1. The minimum Gasteiger partial charge on any atom is -0.618 e. The Kier molecular flexibility index (Phi) is 1.51. The molecule has 0 aliphatic heterocycles. The molecule has 1 fully saturated rings. The standard InChI is InChI=1S/C12H11NO/c14-13-8-11-4-2-1-3-10(11)7-12(13)9-5-6-9/h1-4,7-9H,5-6H2. The van der Waals surface area contributed by atoms with Gasteiger partial charge in [0.15, 0.2) is 11.9 Å². The number of benzene rings is 1. The van der Waals surface area contributed by atoms with E-state index in [1.165, 1.54) is 18.2 Å². The molecule has 0 unspecified atom stereocenters. The second-order valence-corrected chi connectivity index (χ2v) is 3.93. The molecule has 2 heteroatoms.